The topological polar surface area (TPSA) is 29.1 Å². The van der Waals surface area contributed by atoms with Gasteiger partial charge in [0.05, 0.1) is 10.9 Å². The Kier molecular flexibility index (Phi) is 3.72. The van der Waals surface area contributed by atoms with E-state index in [1.807, 2.05) is 13.8 Å². The highest BCUT2D eigenvalue weighted by molar-refractivity contribution is 8.01. The van der Waals surface area contributed by atoms with E-state index >= 15 is 0 Å². The Morgan fingerprint density at radius 1 is 1.19 bits per heavy atom. The number of carbonyl (C=O) groups is 1. The molecule has 0 aromatic heterocycles. The highest BCUT2D eigenvalue weighted by Crippen LogP contribution is 2.38. The molecule has 0 spiro atoms. The van der Waals surface area contributed by atoms with Gasteiger partial charge in [-0.2, -0.15) is 0 Å². The van der Waals surface area contributed by atoms with E-state index in [1.165, 1.54) is 17.2 Å². The number of hydrogen-bond acceptors (Lipinski definition) is 2. The van der Waals surface area contributed by atoms with Gasteiger partial charge in [-0.05, 0) is 49.6 Å². The maximum atomic E-state index is 13.8. The maximum absolute atomic E-state index is 13.8. The van der Waals surface area contributed by atoms with Gasteiger partial charge in [0.2, 0.25) is 5.91 Å². The second-order valence-corrected chi connectivity index (χ2v) is 6.64. The molecular formula is C17H16FNOS. The number of halogens is 1. The molecule has 0 aliphatic carbocycles. The second-order valence-electron chi connectivity index (χ2n) is 5.39. The molecule has 2 aromatic carbocycles. The van der Waals surface area contributed by atoms with Crippen molar-refractivity contribution >= 4 is 23.4 Å². The van der Waals surface area contributed by atoms with Crippen LogP contribution >= 0.6 is 11.8 Å². The summed E-state index contributed by atoms with van der Waals surface area (Å²) in [6.07, 6.45) is 0.694. The summed E-state index contributed by atoms with van der Waals surface area (Å²) in [5.74, 6) is -0.531. The third kappa shape index (κ3) is 2.95. The van der Waals surface area contributed by atoms with Crippen molar-refractivity contribution in [2.45, 2.75) is 30.4 Å². The molecule has 1 N–H and O–H groups in total. The van der Waals surface area contributed by atoms with Crippen molar-refractivity contribution < 1.29 is 9.18 Å². The number of rotatable bonds is 2. The molecule has 4 heteroatoms. The van der Waals surface area contributed by atoms with E-state index in [2.05, 4.69) is 23.5 Å². The minimum Gasteiger partial charge on any atom is -0.323 e. The van der Waals surface area contributed by atoms with Crippen LogP contribution in [-0.2, 0) is 11.2 Å². The van der Waals surface area contributed by atoms with Crippen LogP contribution in [0.1, 0.15) is 16.7 Å². The van der Waals surface area contributed by atoms with Crippen LogP contribution in [0.4, 0.5) is 10.1 Å². The summed E-state index contributed by atoms with van der Waals surface area (Å²) in [6.45, 7) is 3.86. The SMILES string of the molecule is Cc1ccc(NC(=O)[C@H]2Cc3ccc(C)cc3S2)c(F)c1. The van der Waals surface area contributed by atoms with Gasteiger partial charge in [0.1, 0.15) is 5.82 Å². The molecule has 0 saturated carbocycles. The van der Waals surface area contributed by atoms with Gasteiger partial charge in [-0.25, -0.2) is 4.39 Å². The summed E-state index contributed by atoms with van der Waals surface area (Å²) >= 11 is 1.55. The Bertz CT molecular complexity index is 714. The largest absolute Gasteiger partial charge is 0.323 e. The quantitative estimate of drug-likeness (QED) is 0.905. The molecule has 1 amide bonds. The highest BCUT2D eigenvalue weighted by Gasteiger charge is 2.28. The molecular weight excluding hydrogens is 285 g/mol. The van der Waals surface area contributed by atoms with Crippen molar-refractivity contribution in [3.63, 3.8) is 0 Å². The van der Waals surface area contributed by atoms with Crippen molar-refractivity contribution in [2.24, 2.45) is 0 Å². The zero-order chi connectivity index (χ0) is 15.0. The Morgan fingerprint density at radius 2 is 1.90 bits per heavy atom. The monoisotopic (exact) mass is 301 g/mol. The number of benzene rings is 2. The van der Waals surface area contributed by atoms with E-state index in [9.17, 15) is 9.18 Å². The number of hydrogen-bond donors (Lipinski definition) is 1. The van der Waals surface area contributed by atoms with Crippen LogP contribution in [0.3, 0.4) is 0 Å². The number of carbonyl (C=O) groups excluding carboxylic acids is 1. The lowest BCUT2D eigenvalue weighted by atomic mass is 10.1. The summed E-state index contributed by atoms with van der Waals surface area (Å²) in [4.78, 5) is 13.5. The van der Waals surface area contributed by atoms with Crippen LogP contribution in [-0.4, -0.2) is 11.2 Å². The summed E-state index contributed by atoms with van der Waals surface area (Å²) in [5, 5.41) is 2.50. The first-order valence-electron chi connectivity index (χ1n) is 6.86. The lowest BCUT2D eigenvalue weighted by Crippen LogP contribution is -2.25. The third-order valence-corrected chi connectivity index (χ3v) is 4.87. The van der Waals surface area contributed by atoms with Crippen molar-refractivity contribution in [3.8, 4) is 0 Å². The minimum atomic E-state index is -0.389. The molecule has 0 saturated heterocycles. The number of anilines is 1. The molecule has 108 valence electrons. The smallest absolute Gasteiger partial charge is 0.238 e. The third-order valence-electron chi connectivity index (χ3n) is 3.57. The predicted octanol–water partition coefficient (Wildman–Crippen LogP) is 4.10. The molecule has 2 nitrogen and oxygen atoms in total. The van der Waals surface area contributed by atoms with Gasteiger partial charge in [0.15, 0.2) is 0 Å². The lowest BCUT2D eigenvalue weighted by molar-refractivity contribution is -0.115. The molecule has 2 aromatic rings. The molecule has 0 fully saturated rings. The number of thioether (sulfide) groups is 1. The first-order chi connectivity index (χ1) is 10.0. The summed E-state index contributed by atoms with van der Waals surface area (Å²) in [5.41, 5.74) is 3.46. The molecule has 0 unspecified atom stereocenters. The highest BCUT2D eigenvalue weighted by atomic mass is 32.2. The van der Waals surface area contributed by atoms with Crippen molar-refractivity contribution in [3.05, 3.63) is 58.9 Å². The maximum Gasteiger partial charge on any atom is 0.238 e. The van der Waals surface area contributed by atoms with Crippen molar-refractivity contribution in [1.29, 1.82) is 0 Å². The van der Waals surface area contributed by atoms with Gasteiger partial charge in [-0.1, -0.05) is 23.8 Å². The van der Waals surface area contributed by atoms with Crippen LogP contribution in [0, 0.1) is 19.7 Å². The van der Waals surface area contributed by atoms with E-state index in [4.69, 9.17) is 0 Å². The lowest BCUT2D eigenvalue weighted by Gasteiger charge is -2.11. The predicted molar refractivity (Wildman–Crippen MR) is 84.3 cm³/mol. The molecule has 1 aliphatic heterocycles. The normalized spacial score (nSPS) is 16.6. The number of fused-ring (bicyclic) bond motifs is 1. The Hall–Kier alpha value is -1.81. The number of amides is 1. The van der Waals surface area contributed by atoms with E-state index in [1.54, 1.807) is 23.9 Å². The van der Waals surface area contributed by atoms with Gasteiger partial charge in [0, 0.05) is 4.90 Å². The second kappa shape index (κ2) is 5.53. The summed E-state index contributed by atoms with van der Waals surface area (Å²) in [7, 11) is 0. The Balaban J connectivity index is 1.73. The van der Waals surface area contributed by atoms with E-state index in [0.29, 0.717) is 6.42 Å². The number of nitrogens with one attached hydrogen (secondary N) is 1. The van der Waals surface area contributed by atoms with Gasteiger partial charge in [-0.15, -0.1) is 11.8 Å². The van der Waals surface area contributed by atoms with Crippen LogP contribution < -0.4 is 5.32 Å². The van der Waals surface area contributed by atoms with Crippen LogP contribution in [0.15, 0.2) is 41.3 Å². The van der Waals surface area contributed by atoms with Crippen LogP contribution in [0.2, 0.25) is 0 Å². The molecule has 0 bridgehead atoms. The standard InChI is InChI=1S/C17H16FNOS/c1-10-4-6-14(13(18)7-10)19-17(20)16-9-12-5-3-11(2)8-15(12)21-16/h3-8,16H,9H2,1-2H3,(H,19,20)/t16-/m1/s1. The average molecular weight is 301 g/mol. The zero-order valence-corrected chi connectivity index (χ0v) is 12.8. The molecule has 21 heavy (non-hydrogen) atoms. The van der Waals surface area contributed by atoms with Crippen LogP contribution in [0.25, 0.3) is 0 Å². The van der Waals surface area contributed by atoms with Gasteiger partial charge < -0.3 is 5.32 Å². The fraction of sp³-hybridized carbons (Fsp3) is 0.235. The Labute approximate surface area is 127 Å². The molecule has 1 heterocycles. The van der Waals surface area contributed by atoms with Gasteiger partial charge >= 0.3 is 0 Å². The first-order valence-corrected chi connectivity index (χ1v) is 7.74. The first kappa shape index (κ1) is 14.1. The van der Waals surface area contributed by atoms with Crippen molar-refractivity contribution in [2.75, 3.05) is 5.32 Å². The average Bonchev–Trinajstić information content (AvgIpc) is 2.85. The van der Waals surface area contributed by atoms with Gasteiger partial charge in [0.25, 0.3) is 0 Å². The fourth-order valence-corrected chi connectivity index (χ4v) is 3.71. The fourth-order valence-electron chi connectivity index (χ4n) is 2.42. The minimum absolute atomic E-state index is 0.142. The summed E-state index contributed by atoms with van der Waals surface area (Å²) in [6, 6.07) is 11.0. The van der Waals surface area contributed by atoms with E-state index < -0.39 is 0 Å². The summed E-state index contributed by atoms with van der Waals surface area (Å²) < 4.78 is 13.8. The molecule has 1 atom stereocenters. The molecule has 3 rings (SSSR count). The van der Waals surface area contributed by atoms with E-state index in [0.717, 1.165) is 10.5 Å². The molecule has 0 radical (unpaired) electrons. The van der Waals surface area contributed by atoms with E-state index in [-0.39, 0.29) is 22.7 Å². The zero-order valence-electron chi connectivity index (χ0n) is 11.9. The van der Waals surface area contributed by atoms with Crippen molar-refractivity contribution in [1.82, 2.24) is 0 Å². The number of aryl methyl sites for hydroxylation is 2. The van der Waals surface area contributed by atoms with Gasteiger partial charge in [-0.3, -0.25) is 4.79 Å². The molecule has 1 aliphatic rings. The Morgan fingerprint density at radius 3 is 2.67 bits per heavy atom. The van der Waals surface area contributed by atoms with Crippen LogP contribution in [0.5, 0.6) is 0 Å².